The lowest BCUT2D eigenvalue weighted by atomic mass is 10.0. The SMILES string of the molecule is CC(=O)c1cc(C(F)(F)F)cc(OC(F)F)c1C=O. The molecule has 0 heterocycles. The van der Waals surface area contributed by atoms with E-state index < -0.39 is 41.0 Å². The highest BCUT2D eigenvalue weighted by atomic mass is 19.4. The van der Waals surface area contributed by atoms with Gasteiger partial charge in [-0.1, -0.05) is 0 Å². The average molecular weight is 282 g/mol. The number of hydrogen-bond acceptors (Lipinski definition) is 3. The first-order valence-corrected chi connectivity index (χ1v) is 4.83. The molecule has 0 amide bonds. The molecular weight excluding hydrogens is 275 g/mol. The van der Waals surface area contributed by atoms with Gasteiger partial charge in [-0.05, 0) is 19.1 Å². The van der Waals surface area contributed by atoms with Crippen LogP contribution in [0.25, 0.3) is 0 Å². The van der Waals surface area contributed by atoms with Gasteiger partial charge in [0, 0.05) is 5.56 Å². The maximum Gasteiger partial charge on any atom is 0.416 e. The van der Waals surface area contributed by atoms with Crippen LogP contribution in [0.4, 0.5) is 22.0 Å². The Hall–Kier alpha value is -1.99. The third-order valence-electron chi connectivity index (χ3n) is 2.18. The van der Waals surface area contributed by atoms with E-state index in [4.69, 9.17) is 0 Å². The van der Waals surface area contributed by atoms with Crippen molar-refractivity contribution in [3.8, 4) is 5.75 Å². The molecule has 1 aromatic rings. The molecule has 0 aliphatic rings. The van der Waals surface area contributed by atoms with E-state index in [1.165, 1.54) is 0 Å². The van der Waals surface area contributed by atoms with Crippen LogP contribution >= 0.6 is 0 Å². The molecule has 0 radical (unpaired) electrons. The van der Waals surface area contributed by atoms with Gasteiger partial charge in [-0.2, -0.15) is 22.0 Å². The van der Waals surface area contributed by atoms with Gasteiger partial charge >= 0.3 is 12.8 Å². The third kappa shape index (κ3) is 3.49. The number of ketones is 1. The van der Waals surface area contributed by atoms with E-state index in [9.17, 15) is 31.5 Å². The molecule has 0 atom stereocenters. The highest BCUT2D eigenvalue weighted by molar-refractivity contribution is 6.03. The van der Waals surface area contributed by atoms with E-state index in [-0.39, 0.29) is 12.4 Å². The van der Waals surface area contributed by atoms with E-state index >= 15 is 0 Å². The Balaban J connectivity index is 3.54. The van der Waals surface area contributed by atoms with Crippen LogP contribution in [0.2, 0.25) is 0 Å². The van der Waals surface area contributed by atoms with E-state index in [1.54, 1.807) is 0 Å². The average Bonchev–Trinajstić information content (AvgIpc) is 2.25. The number of Topliss-reactive ketones (excluding diaryl/α,β-unsaturated/α-hetero) is 1. The Morgan fingerprint density at radius 2 is 1.89 bits per heavy atom. The van der Waals surface area contributed by atoms with Crippen LogP contribution < -0.4 is 4.74 Å². The van der Waals surface area contributed by atoms with Crippen LogP contribution in [-0.2, 0) is 6.18 Å². The van der Waals surface area contributed by atoms with Gasteiger partial charge in [0.2, 0.25) is 0 Å². The maximum atomic E-state index is 12.5. The van der Waals surface area contributed by atoms with Crippen molar-refractivity contribution >= 4 is 12.1 Å². The first kappa shape index (κ1) is 15.1. The van der Waals surface area contributed by atoms with Crippen molar-refractivity contribution in [1.82, 2.24) is 0 Å². The summed E-state index contributed by atoms with van der Waals surface area (Å²) in [7, 11) is 0. The number of halogens is 5. The third-order valence-corrected chi connectivity index (χ3v) is 2.18. The molecule has 19 heavy (non-hydrogen) atoms. The van der Waals surface area contributed by atoms with E-state index in [2.05, 4.69) is 4.74 Å². The maximum absolute atomic E-state index is 12.5. The van der Waals surface area contributed by atoms with E-state index in [0.29, 0.717) is 6.07 Å². The molecule has 0 saturated carbocycles. The van der Waals surface area contributed by atoms with Crippen molar-refractivity contribution in [1.29, 1.82) is 0 Å². The Kier molecular flexibility index (Phi) is 4.23. The van der Waals surface area contributed by atoms with Gasteiger partial charge < -0.3 is 4.74 Å². The smallest absolute Gasteiger partial charge is 0.416 e. The highest BCUT2D eigenvalue weighted by Crippen LogP contribution is 2.35. The van der Waals surface area contributed by atoms with Crippen molar-refractivity contribution < 1.29 is 36.3 Å². The van der Waals surface area contributed by atoms with Crippen LogP contribution in [0.1, 0.15) is 33.2 Å². The molecule has 0 N–H and O–H groups in total. The van der Waals surface area contributed by atoms with Crippen molar-refractivity contribution in [3.05, 3.63) is 28.8 Å². The molecule has 1 aromatic carbocycles. The fourth-order valence-electron chi connectivity index (χ4n) is 1.40. The van der Waals surface area contributed by atoms with Gasteiger partial charge in [-0.25, -0.2) is 0 Å². The van der Waals surface area contributed by atoms with Gasteiger partial charge in [0.1, 0.15) is 5.75 Å². The number of aldehydes is 1. The fourth-order valence-corrected chi connectivity index (χ4v) is 1.40. The molecule has 0 aliphatic carbocycles. The molecule has 8 heteroatoms. The van der Waals surface area contributed by atoms with Crippen molar-refractivity contribution in [2.75, 3.05) is 0 Å². The number of benzene rings is 1. The molecule has 3 nitrogen and oxygen atoms in total. The van der Waals surface area contributed by atoms with Crippen molar-refractivity contribution in [2.24, 2.45) is 0 Å². The summed E-state index contributed by atoms with van der Waals surface area (Å²) < 4.78 is 65.7. The normalized spacial score (nSPS) is 11.5. The Morgan fingerprint density at radius 1 is 1.32 bits per heavy atom. The zero-order valence-corrected chi connectivity index (χ0v) is 9.42. The van der Waals surface area contributed by atoms with E-state index in [0.717, 1.165) is 6.92 Å². The largest absolute Gasteiger partial charge is 0.434 e. The zero-order valence-electron chi connectivity index (χ0n) is 9.42. The predicted molar refractivity (Wildman–Crippen MR) is 53.5 cm³/mol. The second kappa shape index (κ2) is 5.33. The summed E-state index contributed by atoms with van der Waals surface area (Å²) in [5, 5.41) is 0. The second-order valence-corrected chi connectivity index (χ2v) is 3.49. The van der Waals surface area contributed by atoms with Gasteiger partial charge in [0.15, 0.2) is 12.1 Å². The lowest BCUT2D eigenvalue weighted by molar-refractivity contribution is -0.138. The molecular formula is C11H7F5O3. The summed E-state index contributed by atoms with van der Waals surface area (Å²) in [5.41, 5.74) is -2.61. The molecule has 0 fully saturated rings. The summed E-state index contributed by atoms with van der Waals surface area (Å²) in [6.07, 6.45) is -4.86. The highest BCUT2D eigenvalue weighted by Gasteiger charge is 2.33. The van der Waals surface area contributed by atoms with Gasteiger partial charge in [0.05, 0.1) is 11.1 Å². The van der Waals surface area contributed by atoms with Crippen LogP contribution in [-0.4, -0.2) is 18.7 Å². The Bertz CT molecular complexity index is 508. The molecule has 0 aliphatic heterocycles. The lowest BCUT2D eigenvalue weighted by Gasteiger charge is -2.14. The number of alkyl halides is 5. The standard InChI is InChI=1S/C11H7F5O3/c1-5(18)7-2-6(11(14,15)16)3-9(8(7)4-17)19-10(12)13/h2-4,10H,1H3. The Morgan fingerprint density at radius 3 is 2.26 bits per heavy atom. The molecule has 1 rings (SSSR count). The van der Waals surface area contributed by atoms with Gasteiger partial charge in [0.25, 0.3) is 0 Å². The minimum Gasteiger partial charge on any atom is -0.434 e. The summed E-state index contributed by atoms with van der Waals surface area (Å²) in [6.45, 7) is -2.50. The second-order valence-electron chi connectivity index (χ2n) is 3.49. The van der Waals surface area contributed by atoms with Crippen molar-refractivity contribution in [2.45, 2.75) is 19.7 Å². The first-order valence-electron chi connectivity index (χ1n) is 4.83. The summed E-state index contributed by atoms with van der Waals surface area (Å²) >= 11 is 0. The van der Waals surface area contributed by atoms with Crippen LogP contribution in [0.15, 0.2) is 12.1 Å². The monoisotopic (exact) mass is 282 g/mol. The number of carbonyl (C=O) groups is 2. The Labute approximate surface area is 104 Å². The molecule has 0 spiro atoms. The molecule has 0 aromatic heterocycles. The number of ether oxygens (including phenoxy) is 1. The predicted octanol–water partition coefficient (Wildman–Crippen LogP) is 3.32. The molecule has 0 saturated heterocycles. The van der Waals surface area contributed by atoms with Gasteiger partial charge in [-0.3, -0.25) is 9.59 Å². The summed E-state index contributed by atoms with van der Waals surface area (Å²) in [5.74, 6) is -1.85. The van der Waals surface area contributed by atoms with Crippen LogP contribution in [0, 0.1) is 0 Å². The quantitative estimate of drug-likeness (QED) is 0.483. The zero-order chi connectivity index (χ0) is 14.8. The number of hydrogen-bond donors (Lipinski definition) is 0. The van der Waals surface area contributed by atoms with Crippen LogP contribution in [0.5, 0.6) is 5.75 Å². The number of carbonyl (C=O) groups excluding carboxylic acids is 2. The summed E-state index contributed by atoms with van der Waals surface area (Å²) in [6, 6.07) is 0.673. The van der Waals surface area contributed by atoms with E-state index in [1.807, 2.05) is 0 Å². The lowest BCUT2D eigenvalue weighted by Crippen LogP contribution is -2.13. The minimum atomic E-state index is -4.86. The molecule has 0 unspecified atom stereocenters. The number of rotatable bonds is 4. The fraction of sp³-hybridized carbons (Fsp3) is 0.273. The van der Waals surface area contributed by atoms with Crippen molar-refractivity contribution in [3.63, 3.8) is 0 Å². The molecule has 0 bridgehead atoms. The van der Waals surface area contributed by atoms with Gasteiger partial charge in [-0.15, -0.1) is 0 Å². The summed E-state index contributed by atoms with van der Waals surface area (Å²) in [4.78, 5) is 21.9. The molecule has 104 valence electrons. The van der Waals surface area contributed by atoms with Crippen LogP contribution in [0.3, 0.4) is 0 Å². The topological polar surface area (TPSA) is 43.4 Å². The minimum absolute atomic E-state index is 0.00536. The first-order chi connectivity index (χ1) is 8.66.